The maximum atomic E-state index is 10.5. The molecule has 1 fully saturated rings. The molecule has 2 rings (SSSR count). The molecule has 1 heterocycles. The minimum absolute atomic E-state index is 0.731. The van der Waals surface area contributed by atoms with Crippen molar-refractivity contribution < 1.29 is 4.79 Å². The van der Waals surface area contributed by atoms with Crippen molar-refractivity contribution in [2.45, 2.75) is 0 Å². The molecule has 1 N–H and O–H groups in total. The largest absolute Gasteiger partial charge is 0.367 e. The fourth-order valence-electron chi connectivity index (χ4n) is 1.98. The molecule has 16 heavy (non-hydrogen) atoms. The van der Waals surface area contributed by atoms with Gasteiger partial charge in [0.15, 0.2) is 0 Å². The highest BCUT2D eigenvalue weighted by molar-refractivity contribution is 5.81. The van der Waals surface area contributed by atoms with E-state index in [0.717, 1.165) is 44.0 Å². The van der Waals surface area contributed by atoms with E-state index in [-0.39, 0.29) is 0 Å². The van der Waals surface area contributed by atoms with Crippen molar-refractivity contribution in [1.29, 1.82) is 0 Å². The summed E-state index contributed by atoms with van der Waals surface area (Å²) >= 11 is 0. The van der Waals surface area contributed by atoms with Gasteiger partial charge in [-0.05, 0) is 19.2 Å². The smallest absolute Gasteiger partial charge is 0.211 e. The molecule has 0 radical (unpaired) electrons. The van der Waals surface area contributed by atoms with Crippen LogP contribution in [-0.4, -0.2) is 44.5 Å². The predicted molar refractivity (Wildman–Crippen MR) is 65.8 cm³/mol. The number of likely N-dealkylation sites (N-methyl/N-ethyl adjacent to an activating group) is 1. The van der Waals surface area contributed by atoms with E-state index in [4.69, 9.17) is 0 Å². The number of piperazine rings is 1. The first-order valence-corrected chi connectivity index (χ1v) is 5.54. The summed E-state index contributed by atoms with van der Waals surface area (Å²) in [4.78, 5) is 15.1. The number of nitrogens with zero attached hydrogens (tertiary/aromatic N) is 2. The van der Waals surface area contributed by atoms with E-state index in [1.807, 2.05) is 18.2 Å². The van der Waals surface area contributed by atoms with Gasteiger partial charge in [0.1, 0.15) is 0 Å². The molecule has 0 atom stereocenters. The molecule has 4 nitrogen and oxygen atoms in total. The van der Waals surface area contributed by atoms with Gasteiger partial charge in [-0.2, -0.15) is 0 Å². The molecule has 1 aliphatic heterocycles. The maximum absolute atomic E-state index is 10.5. The Morgan fingerprint density at radius 3 is 2.56 bits per heavy atom. The zero-order chi connectivity index (χ0) is 11.4. The standard InChI is InChI=1S/C12H17N3O/c1-14-6-8-15(9-7-14)12-5-3-2-4-11(12)13-10-16/h2-5,10H,6-9H2,1H3,(H,13,16). The highest BCUT2D eigenvalue weighted by Crippen LogP contribution is 2.25. The van der Waals surface area contributed by atoms with Gasteiger partial charge in [-0.1, -0.05) is 12.1 Å². The molecule has 1 saturated heterocycles. The summed E-state index contributed by atoms with van der Waals surface area (Å²) in [5.74, 6) is 0. The lowest BCUT2D eigenvalue weighted by Gasteiger charge is -2.34. The molecule has 0 spiro atoms. The van der Waals surface area contributed by atoms with Gasteiger partial charge in [0, 0.05) is 26.2 Å². The molecule has 1 aromatic rings. The second-order valence-electron chi connectivity index (χ2n) is 4.07. The Morgan fingerprint density at radius 2 is 1.88 bits per heavy atom. The van der Waals surface area contributed by atoms with Crippen LogP contribution in [0.5, 0.6) is 0 Å². The van der Waals surface area contributed by atoms with E-state index in [0.29, 0.717) is 0 Å². The number of para-hydroxylation sites is 2. The number of carbonyl (C=O) groups excluding carboxylic acids is 1. The summed E-state index contributed by atoms with van der Waals surface area (Å²) in [6.45, 7) is 4.15. The van der Waals surface area contributed by atoms with E-state index in [1.54, 1.807) is 0 Å². The molecule has 1 aromatic carbocycles. The third kappa shape index (κ3) is 2.33. The Labute approximate surface area is 95.8 Å². The Kier molecular flexibility index (Phi) is 3.41. The lowest BCUT2D eigenvalue weighted by molar-refractivity contribution is -0.105. The van der Waals surface area contributed by atoms with Crippen LogP contribution < -0.4 is 10.2 Å². The van der Waals surface area contributed by atoms with Gasteiger partial charge in [-0.25, -0.2) is 0 Å². The van der Waals surface area contributed by atoms with E-state index in [1.165, 1.54) is 0 Å². The molecule has 0 bridgehead atoms. The number of hydrogen-bond donors (Lipinski definition) is 1. The third-order valence-electron chi connectivity index (χ3n) is 2.96. The van der Waals surface area contributed by atoms with Gasteiger partial charge in [0.25, 0.3) is 0 Å². The average molecular weight is 219 g/mol. The SMILES string of the molecule is CN1CCN(c2ccccc2NC=O)CC1. The second kappa shape index (κ2) is 4.99. The number of nitrogens with one attached hydrogen (secondary N) is 1. The quantitative estimate of drug-likeness (QED) is 0.771. The van der Waals surface area contributed by atoms with Gasteiger partial charge in [-0.3, -0.25) is 4.79 Å². The molecular weight excluding hydrogens is 202 g/mol. The monoisotopic (exact) mass is 219 g/mol. The lowest BCUT2D eigenvalue weighted by atomic mass is 10.2. The van der Waals surface area contributed by atoms with Crippen LogP contribution in [0.4, 0.5) is 11.4 Å². The highest BCUT2D eigenvalue weighted by atomic mass is 16.1. The summed E-state index contributed by atoms with van der Waals surface area (Å²) in [6.07, 6.45) is 0.731. The van der Waals surface area contributed by atoms with Crippen molar-refractivity contribution in [3.8, 4) is 0 Å². The van der Waals surface area contributed by atoms with Crippen molar-refractivity contribution >= 4 is 17.8 Å². The van der Waals surface area contributed by atoms with Gasteiger partial charge in [-0.15, -0.1) is 0 Å². The molecule has 1 amide bonds. The number of anilines is 2. The first-order valence-electron chi connectivity index (χ1n) is 5.54. The van der Waals surface area contributed by atoms with E-state index >= 15 is 0 Å². The number of rotatable bonds is 3. The zero-order valence-corrected chi connectivity index (χ0v) is 9.52. The van der Waals surface area contributed by atoms with Crippen molar-refractivity contribution in [3.05, 3.63) is 24.3 Å². The Morgan fingerprint density at radius 1 is 1.19 bits per heavy atom. The van der Waals surface area contributed by atoms with Crippen LogP contribution in [-0.2, 0) is 4.79 Å². The second-order valence-corrected chi connectivity index (χ2v) is 4.07. The van der Waals surface area contributed by atoms with Crippen LogP contribution in [0, 0.1) is 0 Å². The summed E-state index contributed by atoms with van der Waals surface area (Å²) < 4.78 is 0. The lowest BCUT2D eigenvalue weighted by Crippen LogP contribution is -2.44. The number of carbonyl (C=O) groups is 1. The Bertz CT molecular complexity index is 359. The first-order chi connectivity index (χ1) is 7.81. The molecule has 0 aromatic heterocycles. The molecule has 0 aliphatic carbocycles. The summed E-state index contributed by atoms with van der Waals surface area (Å²) in [7, 11) is 2.13. The molecule has 1 aliphatic rings. The fraction of sp³-hybridized carbons (Fsp3) is 0.417. The van der Waals surface area contributed by atoms with Gasteiger partial charge < -0.3 is 15.1 Å². The summed E-state index contributed by atoms with van der Waals surface area (Å²) in [6, 6.07) is 7.92. The molecule has 4 heteroatoms. The summed E-state index contributed by atoms with van der Waals surface area (Å²) in [5, 5.41) is 2.75. The molecular formula is C12H17N3O. The van der Waals surface area contributed by atoms with E-state index in [9.17, 15) is 4.79 Å². The first kappa shape index (κ1) is 11.0. The van der Waals surface area contributed by atoms with Crippen molar-refractivity contribution in [2.24, 2.45) is 0 Å². The van der Waals surface area contributed by atoms with Crippen LogP contribution in [0.15, 0.2) is 24.3 Å². The molecule has 0 unspecified atom stereocenters. The normalized spacial score (nSPS) is 17.2. The van der Waals surface area contributed by atoms with E-state index in [2.05, 4.69) is 28.2 Å². The predicted octanol–water partition coefficient (Wildman–Crippen LogP) is 1.01. The highest BCUT2D eigenvalue weighted by Gasteiger charge is 2.16. The van der Waals surface area contributed by atoms with Crippen molar-refractivity contribution in [2.75, 3.05) is 43.4 Å². The number of benzene rings is 1. The topological polar surface area (TPSA) is 35.6 Å². The third-order valence-corrected chi connectivity index (χ3v) is 2.96. The van der Waals surface area contributed by atoms with Gasteiger partial charge in [0.2, 0.25) is 6.41 Å². The Hall–Kier alpha value is -1.55. The van der Waals surface area contributed by atoms with Crippen molar-refractivity contribution in [3.63, 3.8) is 0 Å². The minimum atomic E-state index is 0.731. The van der Waals surface area contributed by atoms with Gasteiger partial charge >= 0.3 is 0 Å². The molecule has 86 valence electrons. The Balaban J connectivity index is 2.16. The summed E-state index contributed by atoms with van der Waals surface area (Å²) in [5.41, 5.74) is 2.00. The van der Waals surface area contributed by atoms with Gasteiger partial charge in [0.05, 0.1) is 11.4 Å². The van der Waals surface area contributed by atoms with E-state index < -0.39 is 0 Å². The number of amides is 1. The average Bonchev–Trinajstić information content (AvgIpc) is 2.32. The maximum Gasteiger partial charge on any atom is 0.211 e. The zero-order valence-electron chi connectivity index (χ0n) is 9.52. The minimum Gasteiger partial charge on any atom is -0.367 e. The van der Waals surface area contributed by atoms with Crippen LogP contribution in [0.1, 0.15) is 0 Å². The van der Waals surface area contributed by atoms with Crippen LogP contribution in [0.25, 0.3) is 0 Å². The van der Waals surface area contributed by atoms with Crippen molar-refractivity contribution in [1.82, 2.24) is 4.90 Å². The molecule has 0 saturated carbocycles. The number of hydrogen-bond acceptors (Lipinski definition) is 3. The van der Waals surface area contributed by atoms with Crippen LogP contribution in [0.3, 0.4) is 0 Å². The van der Waals surface area contributed by atoms with Crippen LogP contribution >= 0.6 is 0 Å². The van der Waals surface area contributed by atoms with Crippen LogP contribution in [0.2, 0.25) is 0 Å². The fourth-order valence-corrected chi connectivity index (χ4v) is 1.98.